The van der Waals surface area contributed by atoms with Gasteiger partial charge < -0.3 is 15.5 Å². The molecule has 3 nitrogen and oxygen atoms in total. The highest BCUT2D eigenvalue weighted by Crippen LogP contribution is 2.38. The summed E-state index contributed by atoms with van der Waals surface area (Å²) in [5, 5.41) is 10.0. The Kier molecular flexibility index (Phi) is 7.22. The van der Waals surface area contributed by atoms with Crippen molar-refractivity contribution in [3.63, 3.8) is 0 Å². The van der Waals surface area contributed by atoms with Crippen LogP contribution >= 0.6 is 23.6 Å². The zero-order valence-corrected chi connectivity index (χ0v) is 21.3. The number of benzene rings is 2. The molecule has 1 aliphatic rings. The number of nitrogens with zero attached hydrogens (tertiary/aromatic N) is 1. The Labute approximate surface area is 208 Å². The fourth-order valence-corrected chi connectivity index (χ4v) is 5.81. The quantitative estimate of drug-likeness (QED) is 0.352. The molecule has 0 unspecified atom stereocenters. The Morgan fingerprint density at radius 1 is 1.00 bits per heavy atom. The molecule has 2 aromatic carbocycles. The lowest BCUT2D eigenvalue weighted by Crippen LogP contribution is -2.38. The van der Waals surface area contributed by atoms with Crippen molar-refractivity contribution < 1.29 is 13.2 Å². The number of fused-ring (bicyclic) bond motifs is 1. The van der Waals surface area contributed by atoms with Gasteiger partial charge in [-0.15, -0.1) is 11.3 Å². The highest BCUT2D eigenvalue weighted by molar-refractivity contribution is 7.80. The van der Waals surface area contributed by atoms with E-state index in [0.717, 1.165) is 50.3 Å². The number of likely N-dealkylation sites (tertiary alicyclic amines) is 1. The molecule has 0 bridgehead atoms. The third kappa shape index (κ3) is 6.29. The lowest BCUT2D eigenvalue weighted by molar-refractivity contribution is -0.137. The van der Waals surface area contributed by atoms with E-state index in [-0.39, 0.29) is 0 Å². The van der Waals surface area contributed by atoms with Crippen LogP contribution in [0.4, 0.5) is 24.5 Å². The molecule has 1 saturated heterocycles. The van der Waals surface area contributed by atoms with Gasteiger partial charge in [0.05, 0.1) is 5.56 Å². The minimum absolute atomic E-state index is 0.315. The molecule has 0 saturated carbocycles. The van der Waals surface area contributed by atoms with Gasteiger partial charge in [0, 0.05) is 22.6 Å². The van der Waals surface area contributed by atoms with Gasteiger partial charge in [-0.3, -0.25) is 0 Å². The summed E-state index contributed by atoms with van der Waals surface area (Å²) >= 11 is 7.16. The molecular weight excluding hydrogens is 475 g/mol. The van der Waals surface area contributed by atoms with Crippen LogP contribution in [0.3, 0.4) is 0 Å². The van der Waals surface area contributed by atoms with Gasteiger partial charge in [0.25, 0.3) is 0 Å². The van der Waals surface area contributed by atoms with Gasteiger partial charge in [-0.25, -0.2) is 0 Å². The van der Waals surface area contributed by atoms with E-state index in [1.54, 1.807) is 11.3 Å². The molecule has 4 rings (SSSR count). The minimum Gasteiger partial charge on any atom is -0.332 e. The number of rotatable bonds is 4. The summed E-state index contributed by atoms with van der Waals surface area (Å²) in [5.74, 6) is 0.553. The second kappa shape index (κ2) is 9.84. The van der Waals surface area contributed by atoms with E-state index < -0.39 is 11.7 Å². The fourth-order valence-electron chi connectivity index (χ4n) is 4.55. The first kappa shape index (κ1) is 24.9. The predicted molar refractivity (Wildman–Crippen MR) is 141 cm³/mol. The normalized spacial score (nSPS) is 16.1. The number of alkyl halides is 3. The molecule has 8 heteroatoms. The van der Waals surface area contributed by atoms with Crippen LogP contribution in [0.5, 0.6) is 0 Å². The Bertz CT molecular complexity index is 1140. The number of anilines is 2. The average Bonchev–Trinajstić information content (AvgIpc) is 3.16. The zero-order chi connectivity index (χ0) is 24.5. The number of hydrogen-bond acceptors (Lipinski definition) is 3. The average molecular weight is 506 g/mol. The van der Waals surface area contributed by atoms with Crippen LogP contribution in [-0.4, -0.2) is 29.6 Å². The van der Waals surface area contributed by atoms with Crippen molar-refractivity contribution in [3.8, 4) is 0 Å². The van der Waals surface area contributed by atoms with Crippen molar-refractivity contribution in [2.75, 3.05) is 30.3 Å². The summed E-state index contributed by atoms with van der Waals surface area (Å²) in [7, 11) is 0. The third-order valence-corrected chi connectivity index (χ3v) is 7.24. The lowest BCUT2D eigenvalue weighted by atomic mass is 9.87. The smallest absolute Gasteiger partial charge is 0.332 e. The summed E-state index contributed by atoms with van der Waals surface area (Å²) in [6.45, 7) is 10.2. The van der Waals surface area contributed by atoms with E-state index in [4.69, 9.17) is 12.2 Å². The van der Waals surface area contributed by atoms with Crippen molar-refractivity contribution in [3.05, 3.63) is 59.0 Å². The standard InChI is InChI=1S/C26H30F3N3S2/c1-25(2,3)16-32-12-10-17(11-13-32)22-15-34-23-9-8-20(14-21(22)23)31-24(33)30-19-6-4-18(5-7-19)26(27,28)29/h4-9,14-15,17H,10-13,16H2,1-3H3,(H2,30,31,33). The van der Waals surface area contributed by atoms with Crippen LogP contribution in [0, 0.1) is 5.41 Å². The molecule has 0 aliphatic carbocycles. The summed E-state index contributed by atoms with van der Waals surface area (Å²) < 4.78 is 39.5. The monoisotopic (exact) mass is 505 g/mol. The number of halogens is 3. The highest BCUT2D eigenvalue weighted by Gasteiger charge is 2.30. The van der Waals surface area contributed by atoms with Crippen molar-refractivity contribution in [1.82, 2.24) is 4.90 Å². The van der Waals surface area contributed by atoms with Gasteiger partial charge in [0.1, 0.15) is 0 Å². The Morgan fingerprint density at radius 2 is 1.62 bits per heavy atom. The van der Waals surface area contributed by atoms with Crippen molar-refractivity contribution >= 4 is 50.1 Å². The maximum atomic E-state index is 12.8. The molecule has 2 heterocycles. The molecule has 3 aromatic rings. The second-order valence-corrected chi connectivity index (χ2v) is 11.5. The Balaban J connectivity index is 1.41. The molecule has 0 spiro atoms. The van der Waals surface area contributed by atoms with Crippen LogP contribution in [-0.2, 0) is 6.18 Å². The molecule has 0 radical (unpaired) electrons. The van der Waals surface area contributed by atoms with Crippen LogP contribution in [0.1, 0.15) is 50.7 Å². The number of nitrogens with one attached hydrogen (secondary N) is 2. The van der Waals surface area contributed by atoms with Gasteiger partial charge in [-0.05, 0) is 108 Å². The van der Waals surface area contributed by atoms with Crippen LogP contribution in [0.15, 0.2) is 47.8 Å². The SMILES string of the molecule is CC(C)(C)CN1CCC(c2csc3ccc(NC(=S)Nc4ccc(C(F)(F)F)cc4)cc23)CC1. The summed E-state index contributed by atoms with van der Waals surface area (Å²) in [4.78, 5) is 2.57. The van der Waals surface area contributed by atoms with Crippen LogP contribution in [0.2, 0.25) is 0 Å². The van der Waals surface area contributed by atoms with Crippen molar-refractivity contribution in [2.45, 2.75) is 45.7 Å². The molecule has 2 N–H and O–H groups in total. The summed E-state index contributed by atoms with van der Waals surface area (Å²) in [6.07, 6.45) is -2.03. The molecule has 0 atom stereocenters. The molecular formula is C26H30F3N3S2. The maximum Gasteiger partial charge on any atom is 0.416 e. The Hall–Kier alpha value is -2.16. The van der Waals surface area contributed by atoms with E-state index in [1.807, 2.05) is 6.07 Å². The van der Waals surface area contributed by atoms with Gasteiger partial charge in [-0.1, -0.05) is 20.8 Å². The fraction of sp³-hybridized carbons (Fsp3) is 0.423. The Morgan fingerprint density at radius 3 is 2.24 bits per heavy atom. The number of hydrogen-bond donors (Lipinski definition) is 2. The van der Waals surface area contributed by atoms with Gasteiger partial charge in [-0.2, -0.15) is 13.2 Å². The number of piperidine rings is 1. The molecule has 0 amide bonds. The van der Waals surface area contributed by atoms with Crippen molar-refractivity contribution in [1.29, 1.82) is 0 Å². The van der Waals surface area contributed by atoms with Gasteiger partial charge in [0.2, 0.25) is 0 Å². The molecule has 1 fully saturated rings. The van der Waals surface area contributed by atoms with Gasteiger partial charge >= 0.3 is 6.18 Å². The molecule has 1 aromatic heterocycles. The van der Waals surface area contributed by atoms with Gasteiger partial charge in [0.15, 0.2) is 5.11 Å². The first-order valence-corrected chi connectivity index (χ1v) is 12.8. The number of thiophene rings is 1. The summed E-state index contributed by atoms with van der Waals surface area (Å²) in [5.41, 5.74) is 2.40. The second-order valence-electron chi connectivity index (χ2n) is 10.2. The first-order chi connectivity index (χ1) is 16.0. The highest BCUT2D eigenvalue weighted by atomic mass is 32.1. The lowest BCUT2D eigenvalue weighted by Gasteiger charge is -2.36. The van der Waals surface area contributed by atoms with Crippen LogP contribution < -0.4 is 10.6 Å². The van der Waals surface area contributed by atoms with E-state index in [9.17, 15) is 13.2 Å². The first-order valence-electron chi connectivity index (χ1n) is 11.5. The van der Waals surface area contributed by atoms with E-state index >= 15 is 0 Å². The van der Waals surface area contributed by atoms with Crippen LogP contribution in [0.25, 0.3) is 10.1 Å². The van der Waals surface area contributed by atoms with Crippen molar-refractivity contribution in [2.24, 2.45) is 5.41 Å². The molecule has 182 valence electrons. The maximum absolute atomic E-state index is 12.8. The van der Waals surface area contributed by atoms with E-state index in [1.165, 1.54) is 27.8 Å². The van der Waals surface area contributed by atoms with E-state index in [2.05, 4.69) is 53.8 Å². The molecule has 1 aliphatic heterocycles. The van der Waals surface area contributed by atoms with E-state index in [0.29, 0.717) is 22.1 Å². The minimum atomic E-state index is -4.35. The number of thiocarbonyl (C=S) groups is 1. The molecule has 34 heavy (non-hydrogen) atoms. The third-order valence-electron chi connectivity index (χ3n) is 6.06. The summed E-state index contributed by atoms with van der Waals surface area (Å²) in [6, 6.07) is 11.1. The largest absolute Gasteiger partial charge is 0.416 e. The predicted octanol–water partition coefficient (Wildman–Crippen LogP) is 7.95. The topological polar surface area (TPSA) is 27.3 Å². The zero-order valence-electron chi connectivity index (χ0n) is 19.6.